The summed E-state index contributed by atoms with van der Waals surface area (Å²) in [6.07, 6.45) is 19.5. The molecule has 410 valence electrons. The van der Waals surface area contributed by atoms with Gasteiger partial charge in [0.2, 0.25) is 11.8 Å². The summed E-state index contributed by atoms with van der Waals surface area (Å²) in [7, 11) is 0. The number of allylic oxidation sites excluding steroid dienone is 2. The highest BCUT2D eigenvalue weighted by molar-refractivity contribution is 5.92. The van der Waals surface area contributed by atoms with Crippen LogP contribution in [-0.4, -0.2) is 29.4 Å². The summed E-state index contributed by atoms with van der Waals surface area (Å²) in [5.41, 5.74) is 8.32. The van der Waals surface area contributed by atoms with Gasteiger partial charge in [-0.1, -0.05) is 172 Å². The first kappa shape index (κ1) is 55.3. The predicted octanol–water partition coefficient (Wildman–Crippen LogP) is 18.4. The molecule has 10 nitrogen and oxygen atoms in total. The van der Waals surface area contributed by atoms with Crippen molar-refractivity contribution in [2.24, 2.45) is 20.0 Å². The number of hydrogen-bond donors (Lipinski definition) is 0. The summed E-state index contributed by atoms with van der Waals surface area (Å²) in [4.78, 5) is 18.6. The molecule has 3 aliphatic rings. The first-order chi connectivity index (χ1) is 39.5. The van der Waals surface area contributed by atoms with Crippen molar-refractivity contribution < 1.29 is 28.4 Å². The van der Waals surface area contributed by atoms with Gasteiger partial charge in [-0.15, -0.1) is 0 Å². The van der Waals surface area contributed by atoms with Gasteiger partial charge in [0.05, 0.1) is 0 Å². The quantitative estimate of drug-likeness (QED) is 0.0575. The summed E-state index contributed by atoms with van der Waals surface area (Å²) in [6, 6.07) is 60.3. The Morgan fingerprint density at radius 1 is 0.407 bits per heavy atom. The second-order valence-corrected chi connectivity index (χ2v) is 21.1. The van der Waals surface area contributed by atoms with E-state index in [9.17, 15) is 0 Å². The number of benzene rings is 7. The number of nitrogens with zero attached hydrogens (tertiary/aromatic N) is 4. The zero-order valence-corrected chi connectivity index (χ0v) is 46.6. The molecule has 3 aliphatic carbocycles. The van der Waals surface area contributed by atoms with Crippen molar-refractivity contribution in [3.8, 4) is 51.0 Å². The lowest BCUT2D eigenvalue weighted by Gasteiger charge is -2.28. The van der Waals surface area contributed by atoms with Crippen LogP contribution in [0.3, 0.4) is 0 Å². The van der Waals surface area contributed by atoms with Crippen LogP contribution in [0, 0.1) is 0 Å². The Morgan fingerprint density at radius 3 is 1.21 bits per heavy atom. The third kappa shape index (κ3) is 15.8. The topological polar surface area (TPSA) is 105 Å². The van der Waals surface area contributed by atoms with Gasteiger partial charge in [-0.2, -0.15) is 20.0 Å². The molecule has 0 amide bonds. The molecule has 10 rings (SSSR count). The van der Waals surface area contributed by atoms with Gasteiger partial charge in [0.15, 0.2) is 11.8 Å². The van der Waals surface area contributed by atoms with E-state index in [0.29, 0.717) is 58.8 Å². The lowest BCUT2D eigenvalue weighted by molar-refractivity contribution is 0.125. The molecule has 0 N–H and O–H groups in total. The highest BCUT2D eigenvalue weighted by Gasteiger charge is 2.28. The van der Waals surface area contributed by atoms with E-state index in [4.69, 9.17) is 33.4 Å². The van der Waals surface area contributed by atoms with E-state index in [1.165, 1.54) is 75.3 Å². The van der Waals surface area contributed by atoms with E-state index in [0.717, 1.165) is 33.4 Å². The zero-order valence-electron chi connectivity index (χ0n) is 46.6. The number of rotatable bonds is 15. The van der Waals surface area contributed by atoms with Crippen LogP contribution in [0.4, 0.5) is 0 Å². The van der Waals surface area contributed by atoms with E-state index in [1.54, 1.807) is 13.8 Å². The molecule has 0 aliphatic heterocycles. The maximum Gasteiger partial charge on any atom is 0.328 e. The number of amidine groups is 2. The Hall–Kier alpha value is -9.02. The molecule has 0 bridgehead atoms. The molecule has 1 unspecified atom stereocenters. The highest BCUT2D eigenvalue weighted by Crippen LogP contribution is 2.36. The predicted molar refractivity (Wildman–Crippen MR) is 328 cm³/mol. The first-order valence-corrected chi connectivity index (χ1v) is 28.3. The SMILES string of the molecule is C=C(N=C(N=C(C)Oc1ccc(-c2ccc(OC(=C)N=C(N=C(C)Oc3ccc(C4CCCCC4)cc3)OC3(C)C=CC(c4ccccc4)=CC3)cc2)cc1)Oc1ccc(C2CCCCC2)cc1)Oc1ccc(-c2ccccc2)cc1. The Balaban J connectivity index is 0.796. The molecule has 10 heteroatoms. The van der Waals surface area contributed by atoms with Crippen molar-refractivity contribution in [3.05, 3.63) is 242 Å². The second kappa shape index (κ2) is 26.8. The minimum atomic E-state index is -0.744. The Kier molecular flexibility index (Phi) is 18.3. The van der Waals surface area contributed by atoms with Gasteiger partial charge < -0.3 is 28.4 Å². The maximum atomic E-state index is 6.57. The van der Waals surface area contributed by atoms with Crippen LogP contribution < -0.4 is 23.7 Å². The largest absolute Gasteiger partial charge is 0.452 e. The molecule has 0 radical (unpaired) electrons. The molecule has 0 aromatic heterocycles. The fourth-order valence-corrected chi connectivity index (χ4v) is 10.5. The Bertz CT molecular complexity index is 3430. The molecule has 2 saturated carbocycles. The fraction of sp³-hybridized carbons (Fsp3) is 0.239. The Morgan fingerprint density at radius 2 is 0.778 bits per heavy atom. The molecule has 1 atom stereocenters. The molecule has 0 heterocycles. The second-order valence-electron chi connectivity index (χ2n) is 21.1. The molecule has 0 spiro atoms. The molecule has 2 fully saturated rings. The normalized spacial score (nSPS) is 17.4. The van der Waals surface area contributed by atoms with Crippen LogP contribution in [0.2, 0.25) is 0 Å². The van der Waals surface area contributed by atoms with E-state index >= 15 is 0 Å². The molecular weight excluding hydrogens is 1000 g/mol. The maximum absolute atomic E-state index is 6.57. The van der Waals surface area contributed by atoms with E-state index < -0.39 is 5.60 Å². The summed E-state index contributed by atoms with van der Waals surface area (Å²) in [5, 5.41) is 0. The molecule has 81 heavy (non-hydrogen) atoms. The lowest BCUT2D eigenvalue weighted by atomic mass is 9.84. The monoisotopic (exact) mass is 1070 g/mol. The van der Waals surface area contributed by atoms with E-state index in [-0.39, 0.29) is 23.8 Å². The smallest absolute Gasteiger partial charge is 0.328 e. The van der Waals surface area contributed by atoms with Crippen LogP contribution in [0.1, 0.15) is 120 Å². The van der Waals surface area contributed by atoms with Gasteiger partial charge in [-0.3, -0.25) is 0 Å². The average Bonchev–Trinajstić information content (AvgIpc) is 3.53. The standard InChI is InChI=1S/C71H70N4O6/c1-50(76-64-36-26-58(27-37-64)54-18-10-6-11-19-54)72-69(80-68-44-34-60(35-45-68)56-22-14-8-15-23-56)73-51(2)77-65-40-30-61(31-41-65)62-32-42-67(43-33-62)79-53(4)75-70(81-71(5)48-46-63(47-49-71)57-24-16-9-17-25-57)74-52(3)78-66-38-28-59(29-39-66)55-20-12-7-13-21-55/h6,9-11,16-19,24-48,55-56H,1,4,7-8,12-15,20-23,49H2,2-3,5H3. The molecular formula is C71H70N4O6. The van der Waals surface area contributed by atoms with Crippen molar-refractivity contribution >= 4 is 29.4 Å². The molecule has 7 aromatic carbocycles. The highest BCUT2D eigenvalue weighted by atomic mass is 16.5. The van der Waals surface area contributed by atoms with Gasteiger partial charge >= 0.3 is 12.0 Å². The number of hydrogen-bond acceptors (Lipinski definition) is 8. The first-order valence-electron chi connectivity index (χ1n) is 28.3. The number of ether oxygens (including phenoxy) is 6. The van der Waals surface area contributed by atoms with E-state index in [2.05, 4.69) is 88.8 Å². The zero-order chi connectivity index (χ0) is 55.8. The Labute approximate surface area is 477 Å². The van der Waals surface area contributed by atoms with Crippen molar-refractivity contribution in [1.82, 2.24) is 0 Å². The van der Waals surface area contributed by atoms with Crippen molar-refractivity contribution in [1.29, 1.82) is 0 Å². The summed E-state index contributed by atoms with van der Waals surface area (Å²) < 4.78 is 37.5. The van der Waals surface area contributed by atoms with Gasteiger partial charge in [0.1, 0.15) is 34.3 Å². The van der Waals surface area contributed by atoms with Crippen LogP contribution >= 0.6 is 0 Å². The minimum Gasteiger partial charge on any atom is -0.452 e. The van der Waals surface area contributed by atoms with Crippen LogP contribution in [-0.2, 0) is 4.74 Å². The summed E-state index contributed by atoms with van der Waals surface area (Å²) in [5.74, 6) is 5.06. The van der Waals surface area contributed by atoms with Crippen LogP contribution in [0.5, 0.6) is 28.7 Å². The van der Waals surface area contributed by atoms with Crippen LogP contribution in [0.25, 0.3) is 27.8 Å². The third-order valence-electron chi connectivity index (χ3n) is 14.8. The minimum absolute atomic E-state index is 0.0214. The van der Waals surface area contributed by atoms with E-state index in [1.807, 2.05) is 146 Å². The van der Waals surface area contributed by atoms with Gasteiger partial charge in [-0.05, 0) is 169 Å². The third-order valence-corrected chi connectivity index (χ3v) is 14.8. The van der Waals surface area contributed by atoms with Crippen LogP contribution in [0.15, 0.2) is 245 Å². The fourth-order valence-electron chi connectivity index (χ4n) is 10.5. The lowest BCUT2D eigenvalue weighted by Crippen LogP contribution is -2.30. The number of aliphatic imine (C=N–C) groups is 4. The van der Waals surface area contributed by atoms with Gasteiger partial charge in [0, 0.05) is 20.3 Å². The van der Waals surface area contributed by atoms with Crippen molar-refractivity contribution in [2.75, 3.05) is 0 Å². The summed E-state index contributed by atoms with van der Waals surface area (Å²) in [6.45, 7) is 13.8. The summed E-state index contributed by atoms with van der Waals surface area (Å²) >= 11 is 0. The molecule has 0 saturated heterocycles. The average molecular weight is 1080 g/mol. The molecule has 7 aromatic rings. The van der Waals surface area contributed by atoms with Gasteiger partial charge in [-0.25, -0.2) is 0 Å². The van der Waals surface area contributed by atoms with Crippen molar-refractivity contribution in [2.45, 2.75) is 109 Å². The van der Waals surface area contributed by atoms with Gasteiger partial charge in [0.25, 0.3) is 0 Å². The van der Waals surface area contributed by atoms with Crippen molar-refractivity contribution in [3.63, 3.8) is 0 Å².